The van der Waals surface area contributed by atoms with E-state index in [1.165, 1.54) is 22.1 Å². The Hall–Kier alpha value is -0.440. The molecule has 0 saturated carbocycles. The Balaban J connectivity index is 2.82. The van der Waals surface area contributed by atoms with Crippen LogP contribution in [0.5, 0.6) is 0 Å². The van der Waals surface area contributed by atoms with E-state index in [-0.39, 0.29) is 0 Å². The summed E-state index contributed by atoms with van der Waals surface area (Å²) < 4.78 is 3.88. The summed E-state index contributed by atoms with van der Waals surface area (Å²) in [6, 6.07) is 0. The Morgan fingerprint density at radius 1 is 1.60 bits per heavy atom. The molecule has 1 aromatic heterocycles. The molecule has 1 heterocycles. The van der Waals surface area contributed by atoms with Gasteiger partial charge >= 0.3 is 0 Å². The summed E-state index contributed by atoms with van der Waals surface area (Å²) in [5.74, 6) is 0.568. The zero-order valence-corrected chi connectivity index (χ0v) is 7.40. The van der Waals surface area contributed by atoms with Gasteiger partial charge in [-0.2, -0.15) is 0 Å². The third kappa shape index (κ3) is 1.34. The van der Waals surface area contributed by atoms with E-state index in [0.29, 0.717) is 5.92 Å². The summed E-state index contributed by atoms with van der Waals surface area (Å²) in [6.45, 7) is 6.43. The molecule has 1 aromatic rings. The van der Waals surface area contributed by atoms with E-state index in [9.17, 15) is 0 Å². The van der Waals surface area contributed by atoms with Crippen molar-refractivity contribution in [3.05, 3.63) is 10.6 Å². The van der Waals surface area contributed by atoms with Crippen molar-refractivity contribution in [2.45, 2.75) is 33.1 Å². The van der Waals surface area contributed by atoms with E-state index in [2.05, 4.69) is 30.4 Å². The largest absolute Gasteiger partial charge is 0.143 e. The Morgan fingerprint density at radius 3 is 2.70 bits per heavy atom. The van der Waals surface area contributed by atoms with Crippen LogP contribution in [0.4, 0.5) is 0 Å². The molecule has 0 saturated heterocycles. The fourth-order valence-corrected chi connectivity index (χ4v) is 1.47. The van der Waals surface area contributed by atoms with Crippen LogP contribution < -0.4 is 0 Å². The molecule has 56 valence electrons. The lowest BCUT2D eigenvalue weighted by atomic mass is 10.1. The van der Waals surface area contributed by atoms with Crippen molar-refractivity contribution >= 4 is 11.5 Å². The van der Waals surface area contributed by atoms with Crippen LogP contribution in [-0.2, 0) is 0 Å². The average molecular weight is 156 g/mol. The van der Waals surface area contributed by atoms with Crippen LogP contribution in [0.25, 0.3) is 0 Å². The maximum Gasteiger partial charge on any atom is 0.0812 e. The summed E-state index contributed by atoms with van der Waals surface area (Å²) in [5.41, 5.74) is 1.17. The quantitative estimate of drug-likeness (QED) is 0.657. The minimum absolute atomic E-state index is 0.568. The van der Waals surface area contributed by atoms with Gasteiger partial charge in [0.05, 0.1) is 5.69 Å². The van der Waals surface area contributed by atoms with E-state index in [0.717, 1.165) is 6.42 Å². The maximum absolute atomic E-state index is 4.06. The van der Waals surface area contributed by atoms with E-state index >= 15 is 0 Å². The van der Waals surface area contributed by atoms with Gasteiger partial charge in [0.1, 0.15) is 0 Å². The van der Waals surface area contributed by atoms with Gasteiger partial charge in [-0.1, -0.05) is 18.3 Å². The highest BCUT2D eigenvalue weighted by molar-refractivity contribution is 7.05. The van der Waals surface area contributed by atoms with Crippen molar-refractivity contribution in [2.75, 3.05) is 0 Å². The fraction of sp³-hybridized carbons (Fsp3) is 0.714. The smallest absolute Gasteiger partial charge is 0.0812 e. The predicted octanol–water partition coefficient (Wildman–Crippen LogP) is 2.36. The number of nitrogens with zero attached hydrogens (tertiary/aromatic N) is 2. The average Bonchev–Trinajstić information content (AvgIpc) is 2.34. The Bertz CT molecular complexity index is 207. The number of hydrogen-bond acceptors (Lipinski definition) is 3. The van der Waals surface area contributed by atoms with E-state index < -0.39 is 0 Å². The van der Waals surface area contributed by atoms with Crippen molar-refractivity contribution in [2.24, 2.45) is 0 Å². The lowest BCUT2D eigenvalue weighted by Gasteiger charge is -2.02. The molecule has 0 aliphatic rings. The lowest BCUT2D eigenvalue weighted by molar-refractivity contribution is 0.699. The predicted molar refractivity (Wildman–Crippen MR) is 43.4 cm³/mol. The normalized spacial score (nSPS) is 13.5. The third-order valence-electron chi connectivity index (χ3n) is 1.77. The van der Waals surface area contributed by atoms with Crippen molar-refractivity contribution in [1.82, 2.24) is 9.59 Å². The SMILES string of the molecule is CCC(C)c1nnsc1C. The molecule has 1 rings (SSSR count). The van der Waals surface area contributed by atoms with Gasteiger partial charge in [-0.25, -0.2) is 0 Å². The first-order chi connectivity index (χ1) is 4.75. The molecule has 0 spiro atoms. The molecule has 0 aromatic carbocycles. The molecular formula is C7H12N2S. The first kappa shape index (κ1) is 7.66. The maximum atomic E-state index is 4.06. The van der Waals surface area contributed by atoms with Crippen LogP contribution in [0, 0.1) is 6.92 Å². The summed E-state index contributed by atoms with van der Waals surface area (Å²) in [4.78, 5) is 1.26. The zero-order chi connectivity index (χ0) is 7.56. The molecule has 0 aliphatic heterocycles. The van der Waals surface area contributed by atoms with Crippen LogP contribution in [-0.4, -0.2) is 9.59 Å². The number of hydrogen-bond donors (Lipinski definition) is 0. The standard InChI is InChI=1S/C7H12N2S/c1-4-5(2)7-6(3)10-9-8-7/h5H,4H2,1-3H3. The van der Waals surface area contributed by atoms with Crippen LogP contribution >= 0.6 is 11.5 Å². The number of aryl methyl sites for hydroxylation is 1. The second-order valence-electron chi connectivity index (χ2n) is 2.52. The van der Waals surface area contributed by atoms with Gasteiger partial charge in [0.2, 0.25) is 0 Å². The molecule has 1 atom stereocenters. The van der Waals surface area contributed by atoms with Crippen molar-refractivity contribution in [3.8, 4) is 0 Å². The summed E-state index contributed by atoms with van der Waals surface area (Å²) in [5, 5.41) is 4.06. The first-order valence-corrected chi connectivity index (χ1v) is 4.32. The van der Waals surface area contributed by atoms with Crippen LogP contribution in [0.1, 0.15) is 36.8 Å². The third-order valence-corrected chi connectivity index (χ3v) is 2.41. The minimum atomic E-state index is 0.568. The summed E-state index contributed by atoms with van der Waals surface area (Å²) in [7, 11) is 0. The van der Waals surface area contributed by atoms with Gasteiger partial charge in [0.15, 0.2) is 0 Å². The number of aromatic nitrogens is 2. The molecule has 0 amide bonds. The fourth-order valence-electron chi connectivity index (χ4n) is 0.882. The van der Waals surface area contributed by atoms with Crippen molar-refractivity contribution in [3.63, 3.8) is 0 Å². The van der Waals surface area contributed by atoms with Crippen LogP contribution in [0.2, 0.25) is 0 Å². The molecule has 0 N–H and O–H groups in total. The molecule has 1 unspecified atom stereocenters. The van der Waals surface area contributed by atoms with Gasteiger partial charge in [0, 0.05) is 10.8 Å². The van der Waals surface area contributed by atoms with Crippen LogP contribution in [0.3, 0.4) is 0 Å². The van der Waals surface area contributed by atoms with Crippen LogP contribution in [0.15, 0.2) is 0 Å². The molecule has 3 heteroatoms. The van der Waals surface area contributed by atoms with Gasteiger partial charge < -0.3 is 0 Å². The molecular weight excluding hydrogens is 144 g/mol. The highest BCUT2D eigenvalue weighted by atomic mass is 32.1. The van der Waals surface area contributed by atoms with Gasteiger partial charge in [-0.05, 0) is 24.9 Å². The Labute approximate surface area is 65.4 Å². The zero-order valence-electron chi connectivity index (χ0n) is 6.59. The molecule has 0 aliphatic carbocycles. The highest BCUT2D eigenvalue weighted by Gasteiger charge is 2.09. The molecule has 10 heavy (non-hydrogen) atoms. The molecule has 0 radical (unpaired) electrons. The van der Waals surface area contributed by atoms with Crippen molar-refractivity contribution in [1.29, 1.82) is 0 Å². The molecule has 0 fully saturated rings. The highest BCUT2D eigenvalue weighted by Crippen LogP contribution is 2.21. The topological polar surface area (TPSA) is 25.8 Å². The van der Waals surface area contributed by atoms with Gasteiger partial charge in [0.25, 0.3) is 0 Å². The second kappa shape index (κ2) is 3.10. The minimum Gasteiger partial charge on any atom is -0.143 e. The van der Waals surface area contributed by atoms with Gasteiger partial charge in [-0.15, -0.1) is 5.10 Å². The van der Waals surface area contributed by atoms with E-state index in [1.807, 2.05) is 0 Å². The number of rotatable bonds is 2. The molecule has 2 nitrogen and oxygen atoms in total. The Kier molecular flexibility index (Phi) is 2.38. The Morgan fingerprint density at radius 2 is 2.30 bits per heavy atom. The summed E-state index contributed by atoms with van der Waals surface area (Å²) >= 11 is 1.49. The van der Waals surface area contributed by atoms with Crippen molar-refractivity contribution < 1.29 is 0 Å². The summed E-state index contributed by atoms with van der Waals surface area (Å²) in [6.07, 6.45) is 1.15. The monoisotopic (exact) mass is 156 g/mol. The molecule has 0 bridgehead atoms. The lowest BCUT2D eigenvalue weighted by Crippen LogP contribution is -1.93. The van der Waals surface area contributed by atoms with E-state index in [1.54, 1.807) is 0 Å². The second-order valence-corrected chi connectivity index (χ2v) is 3.48. The van der Waals surface area contributed by atoms with E-state index in [4.69, 9.17) is 0 Å². The van der Waals surface area contributed by atoms with Gasteiger partial charge in [-0.3, -0.25) is 0 Å². The first-order valence-electron chi connectivity index (χ1n) is 3.54.